The number of nitrogens with one attached hydrogen (secondary N) is 1. The van der Waals surface area contributed by atoms with Crippen LogP contribution in [0.5, 0.6) is 0 Å². The molecule has 2 N–H and O–H groups in total. The number of fused-ring (bicyclic) bond motifs is 1. The lowest BCUT2D eigenvalue weighted by Gasteiger charge is -2.23. The topological polar surface area (TPSA) is 112 Å². The van der Waals surface area contributed by atoms with Crippen molar-refractivity contribution in [3.8, 4) is 0 Å². The summed E-state index contributed by atoms with van der Waals surface area (Å²) < 4.78 is 1.37. The third-order valence-corrected chi connectivity index (χ3v) is 4.56. The van der Waals surface area contributed by atoms with Crippen molar-refractivity contribution in [1.29, 1.82) is 0 Å². The lowest BCUT2D eigenvalue weighted by atomic mass is 10.1. The Kier molecular flexibility index (Phi) is 4.69. The van der Waals surface area contributed by atoms with E-state index in [0.717, 1.165) is 6.42 Å². The molecule has 2 aromatic rings. The Morgan fingerprint density at radius 2 is 2.00 bits per heavy atom. The molecule has 1 aromatic carbocycles. The van der Waals surface area contributed by atoms with Crippen molar-refractivity contribution in [1.82, 2.24) is 14.5 Å². The van der Waals surface area contributed by atoms with Crippen molar-refractivity contribution >= 4 is 22.8 Å². The molecule has 0 bridgehead atoms. The molecule has 1 fully saturated rings. The molecule has 1 aliphatic heterocycles. The Hall–Kier alpha value is -2.90. The number of carboxylic acid groups (broad SMARTS) is 1. The third-order valence-electron chi connectivity index (χ3n) is 4.56. The predicted molar refractivity (Wildman–Crippen MR) is 90.4 cm³/mol. The fourth-order valence-corrected chi connectivity index (χ4v) is 3.39. The zero-order chi connectivity index (χ0) is 18.0. The fraction of sp³-hybridized carbons (Fsp3) is 0.412. The number of hydrogen-bond acceptors (Lipinski definition) is 4. The number of hydrogen-bond donors (Lipinski definition) is 2. The highest BCUT2D eigenvalue weighted by Crippen LogP contribution is 2.21. The van der Waals surface area contributed by atoms with Gasteiger partial charge in [-0.1, -0.05) is 12.1 Å². The van der Waals surface area contributed by atoms with Crippen LogP contribution in [0.3, 0.4) is 0 Å². The normalized spacial score (nSPS) is 17.1. The number of carbonyl (C=O) groups excluding carboxylic acids is 1. The first kappa shape index (κ1) is 16.9. The molecule has 8 nitrogen and oxygen atoms in total. The molecule has 0 saturated carbocycles. The number of aliphatic carboxylic acids is 1. The number of H-pyrrole nitrogens is 1. The van der Waals surface area contributed by atoms with E-state index < -0.39 is 17.2 Å². The summed E-state index contributed by atoms with van der Waals surface area (Å²) in [5.41, 5.74) is -0.531. The lowest BCUT2D eigenvalue weighted by molar-refractivity contribution is -0.139. The van der Waals surface area contributed by atoms with E-state index in [9.17, 15) is 19.2 Å². The molecule has 3 rings (SSSR count). The summed E-state index contributed by atoms with van der Waals surface area (Å²) in [6, 6.07) is 6.43. The molecule has 1 aliphatic rings. The van der Waals surface area contributed by atoms with E-state index >= 15 is 0 Å². The minimum Gasteiger partial charge on any atom is -0.481 e. The predicted octanol–water partition coefficient (Wildman–Crippen LogP) is 0.546. The molecule has 25 heavy (non-hydrogen) atoms. The van der Waals surface area contributed by atoms with E-state index in [0.29, 0.717) is 23.9 Å². The van der Waals surface area contributed by atoms with Gasteiger partial charge in [-0.25, -0.2) is 4.79 Å². The number of amides is 1. The number of aromatic nitrogens is 2. The van der Waals surface area contributed by atoms with Gasteiger partial charge >= 0.3 is 11.7 Å². The van der Waals surface area contributed by atoms with Crippen molar-refractivity contribution in [3.05, 3.63) is 45.1 Å². The van der Waals surface area contributed by atoms with Gasteiger partial charge in [-0.3, -0.25) is 23.9 Å². The van der Waals surface area contributed by atoms with E-state index in [-0.39, 0.29) is 31.3 Å². The third kappa shape index (κ3) is 3.47. The van der Waals surface area contributed by atoms with Gasteiger partial charge in [0.05, 0.1) is 17.3 Å². The lowest BCUT2D eigenvalue weighted by Crippen LogP contribution is -2.38. The minimum absolute atomic E-state index is 0.0622. The van der Waals surface area contributed by atoms with Gasteiger partial charge in [0.15, 0.2) is 0 Å². The van der Waals surface area contributed by atoms with Gasteiger partial charge in [0.2, 0.25) is 5.91 Å². The minimum atomic E-state index is -0.924. The number of rotatable bonds is 5. The van der Waals surface area contributed by atoms with E-state index in [1.54, 1.807) is 29.2 Å². The second-order valence-corrected chi connectivity index (χ2v) is 6.16. The molecule has 0 spiro atoms. The summed E-state index contributed by atoms with van der Waals surface area (Å²) in [6.45, 7) is 0.670. The maximum atomic E-state index is 12.5. The van der Waals surface area contributed by atoms with E-state index in [1.807, 2.05) is 0 Å². The van der Waals surface area contributed by atoms with Crippen molar-refractivity contribution in [2.45, 2.75) is 38.3 Å². The molecular weight excluding hydrogens is 326 g/mol. The van der Waals surface area contributed by atoms with Gasteiger partial charge in [0, 0.05) is 25.6 Å². The van der Waals surface area contributed by atoms with Gasteiger partial charge in [-0.2, -0.15) is 0 Å². The first-order chi connectivity index (χ1) is 12.0. The smallest absolute Gasteiger partial charge is 0.328 e. The van der Waals surface area contributed by atoms with Crippen LogP contribution in [0, 0.1) is 0 Å². The fourth-order valence-electron chi connectivity index (χ4n) is 3.39. The summed E-state index contributed by atoms with van der Waals surface area (Å²) in [6.07, 6.45) is 1.48. The Morgan fingerprint density at radius 3 is 2.76 bits per heavy atom. The molecular formula is C17H19N3O5. The van der Waals surface area contributed by atoms with Crippen LogP contribution in [0.2, 0.25) is 0 Å². The molecule has 132 valence electrons. The molecule has 0 radical (unpaired) electrons. The number of nitrogens with zero attached hydrogens (tertiary/aromatic N) is 2. The Bertz CT molecular complexity index is 930. The monoisotopic (exact) mass is 345 g/mol. The quantitative estimate of drug-likeness (QED) is 0.821. The van der Waals surface area contributed by atoms with Crippen LogP contribution >= 0.6 is 0 Å². The molecule has 1 amide bonds. The summed E-state index contributed by atoms with van der Waals surface area (Å²) in [5, 5.41) is 9.33. The van der Waals surface area contributed by atoms with Crippen LogP contribution < -0.4 is 11.2 Å². The summed E-state index contributed by atoms with van der Waals surface area (Å²) in [5.74, 6) is -1.10. The second-order valence-electron chi connectivity index (χ2n) is 6.16. The second kappa shape index (κ2) is 6.92. The number of para-hydroxylation sites is 1. The van der Waals surface area contributed by atoms with E-state index in [1.165, 1.54) is 4.57 Å². The number of carboxylic acids is 1. The highest BCUT2D eigenvalue weighted by atomic mass is 16.4. The van der Waals surface area contributed by atoms with Crippen LogP contribution in [0.1, 0.15) is 25.7 Å². The van der Waals surface area contributed by atoms with Crippen molar-refractivity contribution in [3.63, 3.8) is 0 Å². The maximum Gasteiger partial charge on any atom is 0.328 e. The molecule has 1 aromatic heterocycles. The van der Waals surface area contributed by atoms with E-state index in [4.69, 9.17) is 5.11 Å². The van der Waals surface area contributed by atoms with Gasteiger partial charge in [0.1, 0.15) is 0 Å². The van der Waals surface area contributed by atoms with Crippen LogP contribution in [-0.2, 0) is 16.1 Å². The SMILES string of the molecule is O=C(O)CC1CCCN1C(=O)CCn1c(=O)[nH]c(=O)c2ccccc21. The highest BCUT2D eigenvalue weighted by Gasteiger charge is 2.30. The Morgan fingerprint density at radius 1 is 1.24 bits per heavy atom. The van der Waals surface area contributed by atoms with Crippen LogP contribution in [0.4, 0.5) is 0 Å². The van der Waals surface area contributed by atoms with Crippen molar-refractivity contribution in [2.24, 2.45) is 0 Å². The Balaban J connectivity index is 1.79. The van der Waals surface area contributed by atoms with Crippen molar-refractivity contribution in [2.75, 3.05) is 6.54 Å². The van der Waals surface area contributed by atoms with Gasteiger partial charge < -0.3 is 10.0 Å². The van der Waals surface area contributed by atoms with Crippen molar-refractivity contribution < 1.29 is 14.7 Å². The van der Waals surface area contributed by atoms with Gasteiger partial charge in [-0.05, 0) is 25.0 Å². The van der Waals surface area contributed by atoms with Gasteiger partial charge in [0.25, 0.3) is 5.56 Å². The average Bonchev–Trinajstić information content (AvgIpc) is 3.02. The summed E-state index contributed by atoms with van der Waals surface area (Å²) in [4.78, 5) is 51.2. The number of benzene rings is 1. The Labute approximate surface area is 142 Å². The largest absolute Gasteiger partial charge is 0.481 e. The highest BCUT2D eigenvalue weighted by molar-refractivity contribution is 5.79. The molecule has 0 aliphatic carbocycles. The number of aromatic amines is 1. The molecule has 1 unspecified atom stereocenters. The molecule has 2 heterocycles. The number of carbonyl (C=O) groups is 2. The zero-order valence-electron chi connectivity index (χ0n) is 13.6. The first-order valence-electron chi connectivity index (χ1n) is 8.20. The number of aryl methyl sites for hydroxylation is 1. The van der Waals surface area contributed by atoms with E-state index in [2.05, 4.69) is 4.98 Å². The number of likely N-dealkylation sites (tertiary alicyclic amines) is 1. The molecule has 1 saturated heterocycles. The molecule has 8 heteroatoms. The standard InChI is InChI=1S/C17H19N3O5/c21-14(19-8-3-4-11(19)10-15(22)23)7-9-20-13-6-2-1-5-12(13)16(24)18-17(20)25/h1-2,5-6,11H,3-4,7-10H2,(H,22,23)(H,18,24,25). The van der Waals surface area contributed by atoms with Crippen LogP contribution in [0.25, 0.3) is 10.9 Å². The van der Waals surface area contributed by atoms with Crippen LogP contribution in [0.15, 0.2) is 33.9 Å². The van der Waals surface area contributed by atoms with Crippen LogP contribution in [-0.4, -0.2) is 44.0 Å². The average molecular weight is 345 g/mol. The molecule has 1 atom stereocenters. The summed E-state index contributed by atoms with van der Waals surface area (Å²) in [7, 11) is 0. The summed E-state index contributed by atoms with van der Waals surface area (Å²) >= 11 is 0. The maximum absolute atomic E-state index is 12.5. The zero-order valence-corrected chi connectivity index (χ0v) is 13.6. The first-order valence-corrected chi connectivity index (χ1v) is 8.20. The van der Waals surface area contributed by atoms with Gasteiger partial charge in [-0.15, -0.1) is 0 Å².